The highest BCUT2D eigenvalue weighted by atomic mass is 16.5. The lowest BCUT2D eigenvalue weighted by Crippen LogP contribution is -2.47. The van der Waals surface area contributed by atoms with Crippen molar-refractivity contribution in [2.24, 2.45) is 7.05 Å². The van der Waals surface area contributed by atoms with Crippen LogP contribution in [-0.2, 0) is 24.8 Å². The number of imidazole rings is 1. The molecule has 1 aromatic carbocycles. The highest BCUT2D eigenvalue weighted by Crippen LogP contribution is 2.25. The van der Waals surface area contributed by atoms with Gasteiger partial charge in [0.1, 0.15) is 0 Å². The van der Waals surface area contributed by atoms with Crippen molar-refractivity contribution in [1.82, 2.24) is 19.4 Å². The molecule has 0 fully saturated rings. The maximum atomic E-state index is 13.2. The summed E-state index contributed by atoms with van der Waals surface area (Å²) in [5.74, 6) is -0.0238. The van der Waals surface area contributed by atoms with Crippen molar-refractivity contribution >= 4 is 16.8 Å². The number of amides is 1. The van der Waals surface area contributed by atoms with Gasteiger partial charge in [0.25, 0.3) is 5.91 Å². The smallest absolute Gasteiger partial charge is 0.256 e. The van der Waals surface area contributed by atoms with Gasteiger partial charge in [-0.2, -0.15) is 0 Å². The van der Waals surface area contributed by atoms with Gasteiger partial charge in [-0.05, 0) is 19.1 Å². The number of benzene rings is 1. The number of carbonyl (C=O) groups excluding carboxylic acids is 1. The number of fused-ring (bicyclic) bond motifs is 2. The third-order valence-electron chi connectivity index (χ3n) is 4.95. The Morgan fingerprint density at radius 2 is 2.15 bits per heavy atom. The van der Waals surface area contributed by atoms with E-state index in [1.807, 2.05) is 60.1 Å². The SMILES string of the molecule is CCOC[C@@H]1Cc2c(ncn2C)CN1C(=O)c1cnc2ccccc2c1. The van der Waals surface area contributed by atoms with Crippen molar-refractivity contribution in [2.45, 2.75) is 25.9 Å². The first-order valence-electron chi connectivity index (χ1n) is 8.90. The Labute approximate surface area is 152 Å². The predicted molar refractivity (Wildman–Crippen MR) is 98.8 cm³/mol. The van der Waals surface area contributed by atoms with Crippen LogP contribution in [0, 0.1) is 0 Å². The second kappa shape index (κ2) is 6.88. The molecule has 0 bridgehead atoms. The number of nitrogens with zero attached hydrogens (tertiary/aromatic N) is 4. The molecule has 0 saturated heterocycles. The summed E-state index contributed by atoms with van der Waals surface area (Å²) in [6.45, 7) is 3.62. The van der Waals surface area contributed by atoms with E-state index in [9.17, 15) is 4.79 Å². The van der Waals surface area contributed by atoms with Gasteiger partial charge in [-0.1, -0.05) is 18.2 Å². The molecule has 6 heteroatoms. The number of rotatable bonds is 4. The first-order chi connectivity index (χ1) is 12.7. The van der Waals surface area contributed by atoms with Crippen molar-refractivity contribution in [1.29, 1.82) is 0 Å². The highest BCUT2D eigenvalue weighted by molar-refractivity contribution is 5.97. The summed E-state index contributed by atoms with van der Waals surface area (Å²) in [6.07, 6.45) is 4.23. The van der Waals surface area contributed by atoms with Gasteiger partial charge in [-0.15, -0.1) is 0 Å². The van der Waals surface area contributed by atoms with Crippen LogP contribution in [0.3, 0.4) is 0 Å². The first-order valence-corrected chi connectivity index (χ1v) is 8.90. The average Bonchev–Trinajstić information content (AvgIpc) is 3.04. The standard InChI is InChI=1S/C20H22N4O2/c1-3-26-12-16-9-19-18(22-13-23(19)2)11-24(16)20(25)15-8-14-6-4-5-7-17(14)21-10-15/h4-8,10,13,16H,3,9,11-12H2,1-2H3/t16-/m0/s1. The van der Waals surface area contributed by atoms with Crippen LogP contribution < -0.4 is 0 Å². The quantitative estimate of drug-likeness (QED) is 0.726. The summed E-state index contributed by atoms with van der Waals surface area (Å²) in [5.41, 5.74) is 3.63. The first kappa shape index (κ1) is 16.7. The number of pyridine rings is 1. The van der Waals surface area contributed by atoms with E-state index < -0.39 is 0 Å². The molecule has 4 rings (SSSR count). The highest BCUT2D eigenvalue weighted by Gasteiger charge is 2.33. The molecule has 1 amide bonds. The second-order valence-corrected chi connectivity index (χ2v) is 6.62. The lowest BCUT2D eigenvalue weighted by Gasteiger charge is -2.35. The Kier molecular flexibility index (Phi) is 4.42. The van der Waals surface area contributed by atoms with Crippen molar-refractivity contribution < 1.29 is 9.53 Å². The Morgan fingerprint density at radius 3 is 3.00 bits per heavy atom. The van der Waals surface area contributed by atoms with E-state index in [1.165, 1.54) is 5.69 Å². The normalized spacial score (nSPS) is 16.7. The van der Waals surface area contributed by atoms with Crippen molar-refractivity contribution in [3.8, 4) is 0 Å². The van der Waals surface area contributed by atoms with Crippen molar-refractivity contribution in [3.05, 3.63) is 59.8 Å². The molecule has 0 saturated carbocycles. The second-order valence-electron chi connectivity index (χ2n) is 6.62. The van der Waals surface area contributed by atoms with Gasteiger partial charge in [0.05, 0.1) is 42.3 Å². The van der Waals surface area contributed by atoms with E-state index in [0.29, 0.717) is 25.3 Å². The third-order valence-corrected chi connectivity index (χ3v) is 4.95. The Bertz CT molecular complexity index is 950. The summed E-state index contributed by atoms with van der Waals surface area (Å²) < 4.78 is 7.69. The molecule has 134 valence electrons. The number of hydrogen-bond donors (Lipinski definition) is 0. The van der Waals surface area contributed by atoms with Gasteiger partial charge >= 0.3 is 0 Å². The van der Waals surface area contributed by atoms with Crippen LogP contribution in [0.1, 0.15) is 28.7 Å². The summed E-state index contributed by atoms with van der Waals surface area (Å²) in [4.78, 5) is 24.0. The van der Waals surface area contributed by atoms with E-state index >= 15 is 0 Å². The monoisotopic (exact) mass is 350 g/mol. The fraction of sp³-hybridized carbons (Fsp3) is 0.350. The van der Waals surface area contributed by atoms with Crippen molar-refractivity contribution in [3.63, 3.8) is 0 Å². The zero-order chi connectivity index (χ0) is 18.1. The van der Waals surface area contributed by atoms with E-state index in [1.54, 1.807) is 6.20 Å². The Balaban J connectivity index is 1.66. The molecule has 0 aliphatic carbocycles. The minimum atomic E-state index is -0.0238. The topological polar surface area (TPSA) is 60.2 Å². The Morgan fingerprint density at radius 1 is 1.31 bits per heavy atom. The van der Waals surface area contributed by atoms with Crippen LogP contribution in [0.2, 0.25) is 0 Å². The molecule has 1 atom stereocenters. The lowest BCUT2D eigenvalue weighted by atomic mass is 10.0. The van der Waals surface area contributed by atoms with Crippen LogP contribution >= 0.6 is 0 Å². The summed E-state index contributed by atoms with van der Waals surface area (Å²) in [6, 6.07) is 9.74. The fourth-order valence-electron chi connectivity index (χ4n) is 3.52. The van der Waals surface area contributed by atoms with Gasteiger partial charge < -0.3 is 14.2 Å². The molecule has 1 aliphatic heterocycles. The molecule has 26 heavy (non-hydrogen) atoms. The van der Waals surface area contributed by atoms with Crippen LogP contribution in [0.5, 0.6) is 0 Å². The average molecular weight is 350 g/mol. The minimum Gasteiger partial charge on any atom is -0.380 e. The van der Waals surface area contributed by atoms with E-state index in [-0.39, 0.29) is 11.9 Å². The van der Waals surface area contributed by atoms with Crippen molar-refractivity contribution in [2.75, 3.05) is 13.2 Å². The number of aromatic nitrogens is 3. The van der Waals surface area contributed by atoms with Gasteiger partial charge in [-0.3, -0.25) is 9.78 Å². The number of aryl methyl sites for hydroxylation is 1. The largest absolute Gasteiger partial charge is 0.380 e. The molecule has 3 aromatic rings. The molecule has 0 unspecified atom stereocenters. The Hall–Kier alpha value is -2.73. The van der Waals surface area contributed by atoms with Gasteiger partial charge in [0, 0.05) is 37.4 Å². The lowest BCUT2D eigenvalue weighted by molar-refractivity contribution is 0.0387. The third kappa shape index (κ3) is 2.97. The molecule has 0 spiro atoms. The van der Waals surface area contributed by atoms with Gasteiger partial charge in [0.2, 0.25) is 0 Å². The number of hydrogen-bond acceptors (Lipinski definition) is 4. The zero-order valence-electron chi connectivity index (χ0n) is 15.1. The maximum Gasteiger partial charge on any atom is 0.256 e. The van der Waals surface area contributed by atoms with Gasteiger partial charge in [-0.25, -0.2) is 4.98 Å². The number of carbonyl (C=O) groups is 1. The molecule has 6 nitrogen and oxygen atoms in total. The van der Waals surface area contributed by atoms with E-state index in [2.05, 4.69) is 9.97 Å². The molecule has 0 radical (unpaired) electrons. The van der Waals surface area contributed by atoms with Crippen LogP contribution in [0.25, 0.3) is 10.9 Å². The summed E-state index contributed by atoms with van der Waals surface area (Å²) >= 11 is 0. The number of para-hydroxylation sites is 1. The molecular formula is C20H22N4O2. The van der Waals surface area contributed by atoms with Crippen LogP contribution in [0.4, 0.5) is 0 Å². The van der Waals surface area contributed by atoms with Crippen LogP contribution in [-0.4, -0.2) is 44.6 Å². The van der Waals surface area contributed by atoms with Gasteiger partial charge in [0.15, 0.2) is 0 Å². The summed E-state index contributed by atoms with van der Waals surface area (Å²) in [5, 5.41) is 0.968. The molecular weight excluding hydrogens is 328 g/mol. The molecule has 2 aromatic heterocycles. The maximum absolute atomic E-state index is 13.2. The van der Waals surface area contributed by atoms with Crippen LogP contribution in [0.15, 0.2) is 42.9 Å². The predicted octanol–water partition coefficient (Wildman–Crippen LogP) is 2.57. The molecule has 1 aliphatic rings. The number of ether oxygens (including phenoxy) is 1. The molecule has 3 heterocycles. The minimum absolute atomic E-state index is 0.00294. The summed E-state index contributed by atoms with van der Waals surface area (Å²) in [7, 11) is 1.99. The zero-order valence-corrected chi connectivity index (χ0v) is 15.1. The molecule has 0 N–H and O–H groups in total. The fourth-order valence-corrected chi connectivity index (χ4v) is 3.52. The van der Waals surface area contributed by atoms with E-state index in [0.717, 1.165) is 23.0 Å². The van der Waals surface area contributed by atoms with E-state index in [4.69, 9.17) is 4.74 Å².